The molecular weight excluding hydrogens is 523 g/mol. The van der Waals surface area contributed by atoms with Crippen molar-refractivity contribution < 1.29 is 8.42 Å². The predicted octanol–water partition coefficient (Wildman–Crippen LogP) is 3.36. The van der Waals surface area contributed by atoms with Crippen molar-refractivity contribution in [3.63, 3.8) is 0 Å². The number of guanidine groups is 1. The Morgan fingerprint density at radius 1 is 1.34 bits per heavy atom. The second kappa shape index (κ2) is 11.7. The Kier molecular flexibility index (Phi) is 10.7. The van der Waals surface area contributed by atoms with E-state index in [9.17, 15) is 8.42 Å². The van der Waals surface area contributed by atoms with Crippen molar-refractivity contribution >= 4 is 51.6 Å². The second-order valence-corrected chi connectivity index (χ2v) is 10.7. The molecule has 0 radical (unpaired) electrons. The third-order valence-corrected chi connectivity index (χ3v) is 6.36. The summed E-state index contributed by atoms with van der Waals surface area (Å²) in [4.78, 5) is 4.76. The van der Waals surface area contributed by atoms with E-state index in [0.29, 0.717) is 32.1 Å². The Bertz CT molecular complexity index is 786. The summed E-state index contributed by atoms with van der Waals surface area (Å²) in [6.45, 7) is 9.78. The number of rotatable bonds is 8. The third-order valence-electron chi connectivity index (χ3n) is 4.86. The highest BCUT2D eigenvalue weighted by atomic mass is 127. The van der Waals surface area contributed by atoms with Crippen LogP contribution in [0.5, 0.6) is 0 Å². The largest absolute Gasteiger partial charge is 0.357 e. The molecule has 2 N–H and O–H groups in total. The zero-order valence-electron chi connectivity index (χ0n) is 17.7. The Morgan fingerprint density at radius 2 is 2.07 bits per heavy atom. The van der Waals surface area contributed by atoms with Crippen molar-refractivity contribution in [3.8, 4) is 0 Å². The van der Waals surface area contributed by atoms with Gasteiger partial charge in [-0.15, -0.1) is 24.0 Å². The Hall–Kier alpha value is -0.580. The fourth-order valence-corrected chi connectivity index (χ4v) is 4.53. The van der Waals surface area contributed by atoms with Crippen molar-refractivity contribution in [2.24, 2.45) is 16.3 Å². The smallest absolute Gasteiger partial charge is 0.211 e. The van der Waals surface area contributed by atoms with E-state index < -0.39 is 10.0 Å². The summed E-state index contributed by atoms with van der Waals surface area (Å²) in [5, 5.41) is 7.41. The van der Waals surface area contributed by atoms with Gasteiger partial charge in [-0.05, 0) is 48.8 Å². The van der Waals surface area contributed by atoms with E-state index >= 15 is 0 Å². The molecule has 166 valence electrons. The minimum atomic E-state index is -3.10. The molecule has 29 heavy (non-hydrogen) atoms. The van der Waals surface area contributed by atoms with Gasteiger partial charge in [-0.25, -0.2) is 12.7 Å². The molecule has 9 heteroatoms. The van der Waals surface area contributed by atoms with Gasteiger partial charge in [0, 0.05) is 37.7 Å². The van der Waals surface area contributed by atoms with Crippen LogP contribution in [0.15, 0.2) is 29.3 Å². The van der Waals surface area contributed by atoms with Gasteiger partial charge in [0.2, 0.25) is 10.0 Å². The molecule has 0 aliphatic carbocycles. The minimum absolute atomic E-state index is 0. The normalized spacial score (nSPS) is 18.4. The lowest BCUT2D eigenvalue weighted by Crippen LogP contribution is -2.41. The number of halogens is 2. The summed E-state index contributed by atoms with van der Waals surface area (Å²) in [6.07, 6.45) is 3.04. The molecule has 1 heterocycles. The van der Waals surface area contributed by atoms with Crippen molar-refractivity contribution in [2.75, 3.05) is 39.0 Å². The molecule has 1 unspecified atom stereocenters. The summed E-state index contributed by atoms with van der Waals surface area (Å²) in [7, 11) is -3.10. The van der Waals surface area contributed by atoms with Crippen LogP contribution in [0.25, 0.3) is 0 Å². The minimum Gasteiger partial charge on any atom is -0.357 e. The van der Waals surface area contributed by atoms with Crippen LogP contribution in [0.2, 0.25) is 5.02 Å². The maximum atomic E-state index is 11.7. The Labute approximate surface area is 197 Å². The standard InChI is InChI=1S/C20H33ClN4O2S.HI/c1-5-22-19(23-13-17-9-10-25(14-17)28(4,26)27)24-15-20(2,3)12-16-7-6-8-18(21)11-16;/h6-8,11,17H,5,9-10,12-15H2,1-4H3,(H2,22,23,24);1H. The fourth-order valence-electron chi connectivity index (χ4n) is 3.40. The van der Waals surface area contributed by atoms with E-state index in [1.165, 1.54) is 11.8 Å². The van der Waals surface area contributed by atoms with Gasteiger partial charge in [0.05, 0.1) is 6.26 Å². The topological polar surface area (TPSA) is 73.8 Å². The maximum Gasteiger partial charge on any atom is 0.211 e. The lowest BCUT2D eigenvalue weighted by atomic mass is 9.86. The SMILES string of the molecule is CCNC(=NCC(C)(C)Cc1cccc(Cl)c1)NCC1CCN(S(C)(=O)=O)C1.I. The van der Waals surface area contributed by atoms with E-state index in [1.807, 2.05) is 25.1 Å². The average molecular weight is 557 g/mol. The molecule has 0 amide bonds. The van der Waals surface area contributed by atoms with Crippen LogP contribution in [0.1, 0.15) is 32.8 Å². The van der Waals surface area contributed by atoms with Crippen molar-refractivity contribution in [1.29, 1.82) is 0 Å². The van der Waals surface area contributed by atoms with E-state index in [4.69, 9.17) is 16.6 Å². The van der Waals surface area contributed by atoms with Gasteiger partial charge in [-0.2, -0.15) is 0 Å². The predicted molar refractivity (Wildman–Crippen MR) is 133 cm³/mol. The molecule has 6 nitrogen and oxygen atoms in total. The zero-order valence-corrected chi connectivity index (χ0v) is 21.6. The lowest BCUT2D eigenvalue weighted by molar-refractivity contribution is 0.376. The van der Waals surface area contributed by atoms with Crippen LogP contribution in [0, 0.1) is 11.3 Å². The molecular formula is C20H34ClIN4O2S. The molecule has 1 aliphatic rings. The first-order valence-corrected chi connectivity index (χ1v) is 12.0. The van der Waals surface area contributed by atoms with Gasteiger partial charge in [0.1, 0.15) is 0 Å². The van der Waals surface area contributed by atoms with Crippen LogP contribution < -0.4 is 10.6 Å². The third kappa shape index (κ3) is 9.40. The number of nitrogens with one attached hydrogen (secondary N) is 2. The van der Waals surface area contributed by atoms with Crippen LogP contribution in [0.4, 0.5) is 0 Å². The molecule has 1 atom stereocenters. The average Bonchev–Trinajstić information content (AvgIpc) is 3.06. The number of hydrogen-bond donors (Lipinski definition) is 2. The van der Waals surface area contributed by atoms with Crippen LogP contribution in [0.3, 0.4) is 0 Å². The van der Waals surface area contributed by atoms with Gasteiger partial charge < -0.3 is 10.6 Å². The number of nitrogens with zero attached hydrogens (tertiary/aromatic N) is 2. The van der Waals surface area contributed by atoms with Crippen LogP contribution in [-0.2, 0) is 16.4 Å². The van der Waals surface area contributed by atoms with Crippen molar-refractivity contribution in [1.82, 2.24) is 14.9 Å². The van der Waals surface area contributed by atoms with Gasteiger partial charge in [0.15, 0.2) is 5.96 Å². The first kappa shape index (κ1) is 26.5. The first-order valence-electron chi connectivity index (χ1n) is 9.81. The Morgan fingerprint density at radius 3 is 2.66 bits per heavy atom. The summed E-state index contributed by atoms with van der Waals surface area (Å²) in [6, 6.07) is 7.96. The molecule has 1 fully saturated rings. The molecule has 1 saturated heterocycles. The highest BCUT2D eigenvalue weighted by Gasteiger charge is 2.28. The Balaban J connectivity index is 0.00000420. The molecule has 0 saturated carbocycles. The number of aliphatic imine (C=N–C) groups is 1. The molecule has 0 aromatic heterocycles. The van der Waals surface area contributed by atoms with Gasteiger partial charge in [0.25, 0.3) is 0 Å². The summed E-state index contributed by atoms with van der Waals surface area (Å²) >= 11 is 6.10. The number of hydrogen-bond acceptors (Lipinski definition) is 3. The van der Waals surface area contributed by atoms with Gasteiger partial charge in [-0.3, -0.25) is 4.99 Å². The highest BCUT2D eigenvalue weighted by molar-refractivity contribution is 14.0. The molecule has 0 spiro atoms. The monoisotopic (exact) mass is 556 g/mol. The van der Waals surface area contributed by atoms with E-state index in [1.54, 1.807) is 4.31 Å². The number of sulfonamides is 1. The zero-order chi connectivity index (χ0) is 20.8. The maximum absolute atomic E-state index is 11.7. The summed E-state index contributed by atoms with van der Waals surface area (Å²) in [5.41, 5.74) is 1.20. The van der Waals surface area contributed by atoms with Gasteiger partial charge in [-0.1, -0.05) is 37.6 Å². The molecule has 1 aromatic carbocycles. The van der Waals surface area contributed by atoms with Crippen LogP contribution >= 0.6 is 35.6 Å². The first-order chi connectivity index (χ1) is 13.1. The molecule has 1 aliphatic heterocycles. The highest BCUT2D eigenvalue weighted by Crippen LogP contribution is 2.24. The quantitative estimate of drug-likeness (QED) is 0.293. The summed E-state index contributed by atoms with van der Waals surface area (Å²) in [5.74, 6) is 1.08. The molecule has 2 rings (SSSR count). The van der Waals surface area contributed by atoms with Gasteiger partial charge >= 0.3 is 0 Å². The van der Waals surface area contributed by atoms with E-state index in [0.717, 1.165) is 30.4 Å². The molecule has 1 aromatic rings. The molecule has 0 bridgehead atoms. The van der Waals surface area contributed by atoms with Crippen molar-refractivity contribution in [3.05, 3.63) is 34.9 Å². The van der Waals surface area contributed by atoms with E-state index in [2.05, 4.69) is 30.5 Å². The van der Waals surface area contributed by atoms with E-state index in [-0.39, 0.29) is 29.4 Å². The fraction of sp³-hybridized carbons (Fsp3) is 0.650. The number of benzene rings is 1. The second-order valence-electron chi connectivity index (χ2n) is 8.32. The lowest BCUT2D eigenvalue weighted by Gasteiger charge is -2.24. The van der Waals surface area contributed by atoms with Crippen molar-refractivity contribution in [2.45, 2.75) is 33.6 Å². The summed E-state index contributed by atoms with van der Waals surface area (Å²) < 4.78 is 24.9. The van der Waals surface area contributed by atoms with Crippen LogP contribution in [-0.4, -0.2) is 57.7 Å².